The van der Waals surface area contributed by atoms with Crippen LogP contribution in [0, 0.1) is 6.92 Å². The minimum absolute atomic E-state index is 0.791. The van der Waals surface area contributed by atoms with Gasteiger partial charge in [-0.3, -0.25) is 4.98 Å². The Morgan fingerprint density at radius 2 is 2.10 bits per heavy atom. The van der Waals surface area contributed by atoms with Gasteiger partial charge in [-0.1, -0.05) is 28.1 Å². The summed E-state index contributed by atoms with van der Waals surface area (Å²) in [6.07, 6.45) is 3.75. The van der Waals surface area contributed by atoms with Gasteiger partial charge in [-0.05, 0) is 24.6 Å². The van der Waals surface area contributed by atoms with E-state index in [-0.39, 0.29) is 0 Å². The van der Waals surface area contributed by atoms with Gasteiger partial charge in [0.25, 0.3) is 0 Å². The smallest absolute Gasteiger partial charge is 0.107 e. The number of thiazole rings is 1. The van der Waals surface area contributed by atoms with E-state index in [1.54, 1.807) is 11.3 Å². The lowest BCUT2D eigenvalue weighted by atomic mass is 10.1. The van der Waals surface area contributed by atoms with Crippen molar-refractivity contribution < 1.29 is 0 Å². The first-order chi connectivity index (χ1) is 9.74. The molecule has 0 aliphatic carbocycles. The Labute approximate surface area is 130 Å². The van der Waals surface area contributed by atoms with Crippen LogP contribution >= 0.6 is 27.3 Å². The van der Waals surface area contributed by atoms with Gasteiger partial charge in [0, 0.05) is 40.2 Å². The second-order valence-electron chi connectivity index (χ2n) is 4.57. The highest BCUT2D eigenvalue weighted by molar-refractivity contribution is 9.10. The molecule has 0 radical (unpaired) electrons. The van der Waals surface area contributed by atoms with Crippen molar-refractivity contribution in [1.29, 1.82) is 0 Å². The molecule has 1 N–H and O–H groups in total. The van der Waals surface area contributed by atoms with Crippen LogP contribution in [0.1, 0.15) is 15.4 Å². The summed E-state index contributed by atoms with van der Waals surface area (Å²) < 4.78 is 1.08. The molecule has 2 heterocycles. The number of aromatic nitrogens is 2. The average Bonchev–Trinajstić information content (AvgIpc) is 2.87. The van der Waals surface area contributed by atoms with Crippen molar-refractivity contribution in [2.75, 3.05) is 0 Å². The van der Waals surface area contributed by atoms with Crippen LogP contribution < -0.4 is 5.32 Å². The molecular formula is C15H14BrN3S. The summed E-state index contributed by atoms with van der Waals surface area (Å²) in [5.41, 5.74) is 2.25. The Morgan fingerprint density at radius 1 is 1.20 bits per heavy atom. The molecule has 0 saturated heterocycles. The highest BCUT2D eigenvalue weighted by atomic mass is 79.9. The molecule has 102 valence electrons. The molecule has 0 amide bonds. The maximum absolute atomic E-state index is 4.49. The molecule has 3 rings (SSSR count). The molecule has 0 aliphatic rings. The van der Waals surface area contributed by atoms with Crippen molar-refractivity contribution in [1.82, 2.24) is 15.3 Å². The van der Waals surface area contributed by atoms with Crippen molar-refractivity contribution in [2.45, 2.75) is 20.0 Å². The third kappa shape index (κ3) is 2.90. The van der Waals surface area contributed by atoms with Crippen molar-refractivity contribution in [2.24, 2.45) is 0 Å². The molecule has 0 saturated carbocycles. The van der Waals surface area contributed by atoms with E-state index in [9.17, 15) is 0 Å². The van der Waals surface area contributed by atoms with Gasteiger partial charge in [0.2, 0.25) is 0 Å². The zero-order chi connectivity index (χ0) is 13.9. The van der Waals surface area contributed by atoms with Crippen LogP contribution in [0.25, 0.3) is 10.9 Å². The summed E-state index contributed by atoms with van der Waals surface area (Å²) in [5.74, 6) is 0. The summed E-state index contributed by atoms with van der Waals surface area (Å²) in [6, 6.07) is 8.23. The van der Waals surface area contributed by atoms with E-state index >= 15 is 0 Å². The zero-order valence-electron chi connectivity index (χ0n) is 11.1. The van der Waals surface area contributed by atoms with Crippen LogP contribution in [-0.2, 0) is 13.1 Å². The van der Waals surface area contributed by atoms with Crippen molar-refractivity contribution in [3.05, 3.63) is 56.6 Å². The molecule has 20 heavy (non-hydrogen) atoms. The Hall–Kier alpha value is -1.30. The zero-order valence-corrected chi connectivity index (χ0v) is 13.5. The first-order valence-corrected chi connectivity index (χ1v) is 7.99. The monoisotopic (exact) mass is 347 g/mol. The fourth-order valence-corrected chi connectivity index (χ4v) is 3.34. The number of nitrogens with one attached hydrogen (secondary N) is 1. The molecule has 0 unspecified atom stereocenters. The lowest BCUT2D eigenvalue weighted by molar-refractivity contribution is 0.692. The number of aryl methyl sites for hydroxylation is 1. The Balaban J connectivity index is 1.76. The van der Waals surface area contributed by atoms with Gasteiger partial charge in [0.15, 0.2) is 0 Å². The van der Waals surface area contributed by atoms with E-state index in [0.717, 1.165) is 33.5 Å². The summed E-state index contributed by atoms with van der Waals surface area (Å²) >= 11 is 5.30. The molecule has 2 aromatic heterocycles. The lowest BCUT2D eigenvalue weighted by Gasteiger charge is -2.08. The first kappa shape index (κ1) is 13.7. The lowest BCUT2D eigenvalue weighted by Crippen LogP contribution is -2.13. The highest BCUT2D eigenvalue weighted by Gasteiger charge is 2.05. The van der Waals surface area contributed by atoms with E-state index in [2.05, 4.69) is 56.3 Å². The molecule has 0 spiro atoms. The Bertz CT molecular complexity index is 739. The van der Waals surface area contributed by atoms with E-state index < -0.39 is 0 Å². The number of hydrogen-bond acceptors (Lipinski definition) is 4. The van der Waals surface area contributed by atoms with Gasteiger partial charge in [0.05, 0.1) is 5.52 Å². The molecule has 0 fully saturated rings. The van der Waals surface area contributed by atoms with E-state index in [0.29, 0.717) is 0 Å². The highest BCUT2D eigenvalue weighted by Crippen LogP contribution is 2.25. The van der Waals surface area contributed by atoms with E-state index in [1.807, 2.05) is 18.5 Å². The molecule has 3 nitrogen and oxygen atoms in total. The number of halogens is 1. The SMILES string of the molecule is Cc1cnc(CNCc2ccc(Br)c3cccnc23)s1. The molecular weight excluding hydrogens is 334 g/mol. The predicted octanol–water partition coefficient (Wildman–Crippen LogP) is 4.05. The summed E-state index contributed by atoms with van der Waals surface area (Å²) in [5, 5.41) is 5.71. The number of nitrogens with zero attached hydrogens (tertiary/aromatic N) is 2. The van der Waals surface area contributed by atoms with E-state index in [4.69, 9.17) is 0 Å². The Morgan fingerprint density at radius 3 is 2.90 bits per heavy atom. The van der Waals surface area contributed by atoms with Gasteiger partial charge < -0.3 is 5.32 Å². The summed E-state index contributed by atoms with van der Waals surface area (Å²) in [6.45, 7) is 3.66. The van der Waals surface area contributed by atoms with Crippen LogP contribution in [0.3, 0.4) is 0 Å². The van der Waals surface area contributed by atoms with Gasteiger partial charge in [0.1, 0.15) is 5.01 Å². The van der Waals surface area contributed by atoms with Crippen molar-refractivity contribution in [3.8, 4) is 0 Å². The Kier molecular flexibility index (Phi) is 4.10. The fourth-order valence-electron chi connectivity index (χ4n) is 2.13. The molecule has 5 heteroatoms. The maximum atomic E-state index is 4.49. The number of hydrogen-bond donors (Lipinski definition) is 1. The quantitative estimate of drug-likeness (QED) is 0.773. The van der Waals surface area contributed by atoms with Crippen LogP contribution in [-0.4, -0.2) is 9.97 Å². The minimum Gasteiger partial charge on any atom is -0.306 e. The second-order valence-corrected chi connectivity index (χ2v) is 6.75. The molecule has 0 atom stereocenters. The van der Waals surface area contributed by atoms with Gasteiger partial charge in [-0.2, -0.15) is 0 Å². The van der Waals surface area contributed by atoms with Gasteiger partial charge >= 0.3 is 0 Å². The predicted molar refractivity (Wildman–Crippen MR) is 86.8 cm³/mol. The largest absolute Gasteiger partial charge is 0.306 e. The minimum atomic E-state index is 0.791. The van der Waals surface area contributed by atoms with E-state index in [1.165, 1.54) is 10.4 Å². The number of benzene rings is 1. The third-order valence-corrected chi connectivity index (χ3v) is 4.67. The van der Waals surface area contributed by atoms with Crippen molar-refractivity contribution in [3.63, 3.8) is 0 Å². The van der Waals surface area contributed by atoms with Gasteiger partial charge in [-0.15, -0.1) is 11.3 Å². The normalized spacial score (nSPS) is 11.1. The van der Waals surface area contributed by atoms with Crippen LogP contribution in [0.15, 0.2) is 41.1 Å². The second kappa shape index (κ2) is 5.99. The van der Waals surface area contributed by atoms with Crippen LogP contribution in [0.2, 0.25) is 0 Å². The third-order valence-electron chi connectivity index (χ3n) is 3.06. The van der Waals surface area contributed by atoms with Gasteiger partial charge in [-0.25, -0.2) is 4.98 Å². The first-order valence-electron chi connectivity index (χ1n) is 6.38. The molecule has 1 aromatic carbocycles. The van der Waals surface area contributed by atoms with Crippen LogP contribution in [0.5, 0.6) is 0 Å². The fraction of sp³-hybridized carbons (Fsp3) is 0.200. The number of fused-ring (bicyclic) bond motifs is 1. The average molecular weight is 348 g/mol. The standard InChI is InChI=1S/C15H14BrN3S/c1-10-7-19-14(20-10)9-17-8-11-4-5-13(16)12-3-2-6-18-15(11)12/h2-7,17H,8-9H2,1H3. The van der Waals surface area contributed by atoms with Crippen molar-refractivity contribution >= 4 is 38.2 Å². The molecule has 0 aliphatic heterocycles. The number of rotatable bonds is 4. The maximum Gasteiger partial charge on any atom is 0.107 e. The molecule has 0 bridgehead atoms. The van der Waals surface area contributed by atoms with Crippen LogP contribution in [0.4, 0.5) is 0 Å². The number of pyridine rings is 1. The molecule has 3 aromatic rings. The topological polar surface area (TPSA) is 37.8 Å². The summed E-state index contributed by atoms with van der Waals surface area (Å²) in [4.78, 5) is 10.1. The summed E-state index contributed by atoms with van der Waals surface area (Å²) in [7, 11) is 0.